The Kier molecular flexibility index (Phi) is 73.9. The molecule has 0 bridgehead atoms. The summed E-state index contributed by atoms with van der Waals surface area (Å²) >= 11 is 0. The van der Waals surface area contributed by atoms with Crippen molar-refractivity contribution >= 4 is 11.9 Å². The molecule has 0 spiro atoms. The normalized spacial score (nSPS) is 12.7. The van der Waals surface area contributed by atoms with Gasteiger partial charge in [0.25, 0.3) is 0 Å². The highest BCUT2D eigenvalue weighted by molar-refractivity contribution is 5.76. The van der Waals surface area contributed by atoms with E-state index in [0.29, 0.717) is 25.9 Å². The van der Waals surface area contributed by atoms with Gasteiger partial charge >= 0.3 is 5.97 Å². The first-order valence-electron chi connectivity index (χ1n) is 39.2. The molecule has 0 rings (SSSR count). The SMILES string of the molecule is CCC/C=C\C/C=C\CCCCCCCC(=O)OCCCCCCCCCCCCCCCC/C=C\CCCCCCCCCCCCCCCCCCCC(=O)NC(CO)C(O)CCCCCCCCCCCCCCCCCCCCCCC. The topological polar surface area (TPSA) is 95.9 Å². The first-order chi connectivity index (χ1) is 42.5. The van der Waals surface area contributed by atoms with Crippen molar-refractivity contribution in [3.63, 3.8) is 0 Å². The maximum absolute atomic E-state index is 12.6. The van der Waals surface area contributed by atoms with Gasteiger partial charge in [-0.15, -0.1) is 0 Å². The molecule has 0 saturated carbocycles. The van der Waals surface area contributed by atoms with Gasteiger partial charge in [0.2, 0.25) is 5.91 Å². The number of allylic oxidation sites excluding steroid dienone is 6. The Hall–Kier alpha value is -1.92. The number of esters is 1. The van der Waals surface area contributed by atoms with E-state index in [0.717, 1.165) is 51.4 Å². The van der Waals surface area contributed by atoms with Crippen LogP contribution in [-0.4, -0.2) is 47.4 Å². The van der Waals surface area contributed by atoms with Gasteiger partial charge in [-0.3, -0.25) is 9.59 Å². The molecule has 0 saturated heterocycles. The van der Waals surface area contributed by atoms with E-state index in [-0.39, 0.29) is 18.5 Å². The number of nitrogens with one attached hydrogen (secondary N) is 1. The Morgan fingerprint density at radius 1 is 0.326 bits per heavy atom. The molecule has 6 nitrogen and oxygen atoms in total. The van der Waals surface area contributed by atoms with Crippen LogP contribution in [0.5, 0.6) is 0 Å². The van der Waals surface area contributed by atoms with Gasteiger partial charge in [-0.05, 0) is 77.0 Å². The Morgan fingerprint density at radius 2 is 0.605 bits per heavy atom. The average Bonchev–Trinajstić information content (AvgIpc) is 3.55. The zero-order chi connectivity index (χ0) is 62.0. The fourth-order valence-corrected chi connectivity index (χ4v) is 12.4. The third kappa shape index (κ3) is 71.2. The van der Waals surface area contributed by atoms with Crippen molar-refractivity contribution in [2.45, 2.75) is 450 Å². The van der Waals surface area contributed by atoms with Crippen LogP contribution in [0, 0.1) is 0 Å². The first-order valence-corrected chi connectivity index (χ1v) is 39.2. The largest absolute Gasteiger partial charge is 0.466 e. The number of hydrogen-bond donors (Lipinski definition) is 3. The number of aliphatic hydroxyl groups is 2. The fourth-order valence-electron chi connectivity index (χ4n) is 12.4. The summed E-state index contributed by atoms with van der Waals surface area (Å²) in [5.74, 6) is -0.0212. The molecule has 1 amide bonds. The molecule has 0 fully saturated rings. The van der Waals surface area contributed by atoms with Gasteiger partial charge in [0.1, 0.15) is 0 Å². The van der Waals surface area contributed by atoms with Gasteiger partial charge in [-0.2, -0.15) is 0 Å². The first kappa shape index (κ1) is 84.1. The van der Waals surface area contributed by atoms with Crippen molar-refractivity contribution < 1.29 is 24.5 Å². The van der Waals surface area contributed by atoms with Crippen molar-refractivity contribution in [1.29, 1.82) is 0 Å². The molecule has 0 radical (unpaired) electrons. The Labute approximate surface area is 538 Å². The lowest BCUT2D eigenvalue weighted by molar-refractivity contribution is -0.143. The third-order valence-corrected chi connectivity index (χ3v) is 18.4. The monoisotopic (exact) mass is 1210 g/mol. The minimum absolute atomic E-state index is 0.00533. The Bertz CT molecular complexity index is 1390. The summed E-state index contributed by atoms with van der Waals surface area (Å²) < 4.78 is 5.48. The lowest BCUT2D eigenvalue weighted by Crippen LogP contribution is -2.45. The average molecular weight is 1210 g/mol. The standard InChI is InChI=1S/C80H153NO5/c1-3-5-7-9-11-13-15-17-18-19-20-36-39-42-45-49-52-56-60-64-68-72-78(83)77(76-82)81-79(84)73-69-65-61-57-53-50-46-43-40-37-34-32-30-28-26-24-22-21-23-25-27-29-31-33-35-38-41-44-47-51-55-59-63-67-71-75-86-80(85)74-70-66-62-58-54-48-16-14-12-10-8-6-4-2/h8,10,14,16,23,25,77-78,82-83H,3-7,9,11-13,15,17-22,24,26-76H2,1-2H3,(H,81,84)/b10-8-,16-14-,25-23-. The second kappa shape index (κ2) is 75.5. The third-order valence-electron chi connectivity index (χ3n) is 18.4. The lowest BCUT2D eigenvalue weighted by atomic mass is 10.0. The molecule has 0 aliphatic carbocycles. The zero-order valence-electron chi connectivity index (χ0n) is 58.3. The van der Waals surface area contributed by atoms with Gasteiger partial charge in [0.15, 0.2) is 0 Å². The number of hydrogen-bond acceptors (Lipinski definition) is 5. The number of ether oxygens (including phenoxy) is 1. The van der Waals surface area contributed by atoms with Crippen LogP contribution in [0.3, 0.4) is 0 Å². The van der Waals surface area contributed by atoms with Crippen LogP contribution in [-0.2, 0) is 14.3 Å². The molecule has 6 heteroatoms. The predicted octanol–water partition coefficient (Wildman–Crippen LogP) is 25.8. The second-order valence-electron chi connectivity index (χ2n) is 27.0. The molecule has 0 aromatic carbocycles. The fraction of sp³-hybridized carbons (Fsp3) is 0.900. The van der Waals surface area contributed by atoms with Crippen molar-refractivity contribution in [3.8, 4) is 0 Å². The van der Waals surface area contributed by atoms with Crippen molar-refractivity contribution in [2.75, 3.05) is 13.2 Å². The summed E-state index contributed by atoms with van der Waals surface area (Å²) in [6, 6.07) is -0.540. The molecule has 0 heterocycles. The molecule has 3 N–H and O–H groups in total. The second-order valence-corrected chi connectivity index (χ2v) is 27.0. The van der Waals surface area contributed by atoms with E-state index in [1.165, 1.54) is 353 Å². The smallest absolute Gasteiger partial charge is 0.305 e. The van der Waals surface area contributed by atoms with Crippen LogP contribution in [0.15, 0.2) is 36.5 Å². The quantitative estimate of drug-likeness (QED) is 0.0320. The van der Waals surface area contributed by atoms with Gasteiger partial charge in [-0.25, -0.2) is 0 Å². The maximum Gasteiger partial charge on any atom is 0.305 e. The van der Waals surface area contributed by atoms with Crippen molar-refractivity contribution in [2.24, 2.45) is 0 Å². The number of rotatable bonds is 74. The predicted molar refractivity (Wildman–Crippen MR) is 379 cm³/mol. The van der Waals surface area contributed by atoms with Gasteiger partial charge in [-0.1, -0.05) is 384 Å². The summed E-state index contributed by atoms with van der Waals surface area (Å²) in [5, 5.41) is 23.5. The molecule has 86 heavy (non-hydrogen) atoms. The van der Waals surface area contributed by atoms with Gasteiger partial charge in [0.05, 0.1) is 25.4 Å². The van der Waals surface area contributed by atoms with E-state index in [4.69, 9.17) is 4.74 Å². The highest BCUT2D eigenvalue weighted by Crippen LogP contribution is 2.20. The van der Waals surface area contributed by atoms with Gasteiger partial charge < -0.3 is 20.3 Å². The summed E-state index contributed by atoms with van der Waals surface area (Å²) in [6.07, 6.45) is 98.1. The number of aliphatic hydroxyl groups excluding tert-OH is 2. The Morgan fingerprint density at radius 3 is 0.942 bits per heavy atom. The maximum atomic E-state index is 12.6. The number of unbranched alkanes of at least 4 members (excludes halogenated alkanes) is 57. The van der Waals surface area contributed by atoms with Crippen LogP contribution in [0.25, 0.3) is 0 Å². The van der Waals surface area contributed by atoms with Crippen LogP contribution in [0.1, 0.15) is 438 Å². The lowest BCUT2D eigenvalue weighted by Gasteiger charge is -2.22. The van der Waals surface area contributed by atoms with E-state index in [1.807, 2.05) is 0 Å². The summed E-state index contributed by atoms with van der Waals surface area (Å²) in [5.41, 5.74) is 0. The zero-order valence-corrected chi connectivity index (χ0v) is 58.3. The summed E-state index contributed by atoms with van der Waals surface area (Å²) in [4.78, 5) is 24.6. The minimum Gasteiger partial charge on any atom is -0.466 e. The molecule has 2 atom stereocenters. The molecule has 508 valence electrons. The highest BCUT2D eigenvalue weighted by atomic mass is 16.5. The van der Waals surface area contributed by atoms with Crippen molar-refractivity contribution in [1.82, 2.24) is 5.32 Å². The molecule has 2 unspecified atom stereocenters. The van der Waals surface area contributed by atoms with E-state index < -0.39 is 12.1 Å². The van der Waals surface area contributed by atoms with E-state index >= 15 is 0 Å². The van der Waals surface area contributed by atoms with Crippen LogP contribution in [0.2, 0.25) is 0 Å². The van der Waals surface area contributed by atoms with Crippen LogP contribution < -0.4 is 5.32 Å². The van der Waals surface area contributed by atoms with E-state index in [2.05, 4.69) is 55.6 Å². The number of amides is 1. The molecule has 0 aliphatic heterocycles. The van der Waals surface area contributed by atoms with Gasteiger partial charge in [0, 0.05) is 12.8 Å². The minimum atomic E-state index is -0.663. The van der Waals surface area contributed by atoms with E-state index in [9.17, 15) is 19.8 Å². The van der Waals surface area contributed by atoms with Crippen LogP contribution in [0.4, 0.5) is 0 Å². The highest BCUT2D eigenvalue weighted by Gasteiger charge is 2.20. The number of carbonyl (C=O) groups is 2. The number of carbonyl (C=O) groups excluding carboxylic acids is 2. The molecular formula is C80H153NO5. The Balaban J connectivity index is 3.35. The molecule has 0 aromatic rings. The molecule has 0 aliphatic rings. The van der Waals surface area contributed by atoms with Crippen molar-refractivity contribution in [3.05, 3.63) is 36.5 Å². The summed E-state index contributed by atoms with van der Waals surface area (Å²) in [7, 11) is 0. The van der Waals surface area contributed by atoms with Crippen LogP contribution >= 0.6 is 0 Å². The van der Waals surface area contributed by atoms with E-state index in [1.54, 1.807) is 0 Å². The molecule has 0 aromatic heterocycles. The summed E-state index contributed by atoms with van der Waals surface area (Å²) in [6.45, 7) is 4.93. The molecular weight excluding hydrogens is 1050 g/mol.